The fourth-order valence-corrected chi connectivity index (χ4v) is 2.52. The molecule has 4 nitrogen and oxygen atoms in total. The van der Waals surface area contributed by atoms with Crippen LogP contribution in [-0.4, -0.2) is 26.5 Å². The van der Waals surface area contributed by atoms with Crippen molar-refractivity contribution in [1.29, 1.82) is 0 Å². The van der Waals surface area contributed by atoms with Crippen LogP contribution < -0.4 is 5.32 Å². The maximum absolute atomic E-state index is 11.7. The van der Waals surface area contributed by atoms with Crippen LogP contribution in [0.5, 0.6) is 0 Å². The molecule has 0 spiro atoms. The van der Waals surface area contributed by atoms with Gasteiger partial charge in [-0.05, 0) is 32.0 Å². The Kier molecular flexibility index (Phi) is 5.41. The maximum Gasteiger partial charge on any atom is 0.152 e. The van der Waals surface area contributed by atoms with Crippen molar-refractivity contribution in [3.05, 3.63) is 23.7 Å². The molecule has 104 valence electrons. The molecule has 1 N–H and O–H groups in total. The molecule has 0 aliphatic heterocycles. The minimum Gasteiger partial charge on any atom is -0.464 e. The Bertz CT molecular complexity index is 464. The second kappa shape index (κ2) is 6.38. The summed E-state index contributed by atoms with van der Waals surface area (Å²) in [6, 6.07) is 3.50. The molecular weight excluding hydrogens is 250 g/mol. The first kappa shape index (κ1) is 15.2. The lowest BCUT2D eigenvalue weighted by atomic mass is 10.1. The van der Waals surface area contributed by atoms with Crippen molar-refractivity contribution in [2.45, 2.75) is 44.9 Å². The van der Waals surface area contributed by atoms with Crippen molar-refractivity contribution in [3.63, 3.8) is 0 Å². The van der Waals surface area contributed by atoms with Crippen LogP contribution in [0.4, 0.5) is 0 Å². The lowest BCUT2D eigenvalue weighted by Crippen LogP contribution is -2.35. The van der Waals surface area contributed by atoms with Crippen molar-refractivity contribution in [3.8, 4) is 0 Å². The minimum absolute atomic E-state index is 0.278. The summed E-state index contributed by atoms with van der Waals surface area (Å²) in [5, 5.41) is 2.76. The third-order valence-electron chi connectivity index (χ3n) is 3.10. The fourth-order valence-electron chi connectivity index (χ4n) is 1.80. The Morgan fingerprint density at radius 2 is 2.00 bits per heavy atom. The summed E-state index contributed by atoms with van der Waals surface area (Å²) in [7, 11) is -3.10. The molecule has 2 unspecified atom stereocenters. The molecule has 0 amide bonds. The van der Waals surface area contributed by atoms with E-state index in [-0.39, 0.29) is 6.04 Å². The molecule has 1 heterocycles. The number of furan rings is 1. The molecule has 1 aromatic heterocycles. The number of sulfone groups is 1. The Hall–Kier alpha value is -0.810. The third-order valence-corrected chi connectivity index (χ3v) is 4.72. The van der Waals surface area contributed by atoms with E-state index in [1.807, 2.05) is 19.1 Å². The van der Waals surface area contributed by atoms with Crippen molar-refractivity contribution < 1.29 is 12.8 Å². The molecular formula is C13H23NO3S. The standard InChI is InChI=1S/C13H23NO3S/c1-5-9-14-13(10(3)18(4,15)16)12-8-7-11(6-2)17-12/h7-8,10,13-14H,5-6,9H2,1-4H3. The zero-order valence-corrected chi connectivity index (χ0v) is 12.4. The van der Waals surface area contributed by atoms with Crippen molar-refractivity contribution in [2.24, 2.45) is 0 Å². The van der Waals surface area contributed by atoms with Gasteiger partial charge < -0.3 is 9.73 Å². The summed E-state index contributed by atoms with van der Waals surface area (Å²) < 4.78 is 29.1. The number of hydrogen-bond acceptors (Lipinski definition) is 4. The van der Waals surface area contributed by atoms with Gasteiger partial charge in [0.15, 0.2) is 9.84 Å². The van der Waals surface area contributed by atoms with Gasteiger partial charge in [-0.3, -0.25) is 0 Å². The van der Waals surface area contributed by atoms with Crippen LogP contribution in [0.1, 0.15) is 44.8 Å². The van der Waals surface area contributed by atoms with Crippen LogP contribution in [0.25, 0.3) is 0 Å². The number of aryl methyl sites for hydroxylation is 1. The smallest absolute Gasteiger partial charge is 0.152 e. The van der Waals surface area contributed by atoms with Gasteiger partial charge in [-0.15, -0.1) is 0 Å². The van der Waals surface area contributed by atoms with E-state index >= 15 is 0 Å². The van der Waals surface area contributed by atoms with Gasteiger partial charge in [-0.2, -0.15) is 0 Å². The lowest BCUT2D eigenvalue weighted by Gasteiger charge is -2.22. The summed E-state index contributed by atoms with van der Waals surface area (Å²) in [5.41, 5.74) is 0. The first-order valence-corrected chi connectivity index (χ1v) is 8.36. The maximum atomic E-state index is 11.7. The van der Waals surface area contributed by atoms with Crippen molar-refractivity contribution in [1.82, 2.24) is 5.32 Å². The molecule has 0 radical (unpaired) electrons. The van der Waals surface area contributed by atoms with Crippen molar-refractivity contribution >= 4 is 9.84 Å². The SMILES string of the molecule is CCCNC(c1ccc(CC)o1)C(C)S(C)(=O)=O. The van der Waals surface area contributed by atoms with Crippen LogP contribution in [0.15, 0.2) is 16.5 Å². The molecule has 0 aromatic carbocycles. The summed E-state index contributed by atoms with van der Waals surface area (Å²) in [4.78, 5) is 0. The fraction of sp³-hybridized carbons (Fsp3) is 0.692. The van der Waals surface area contributed by atoms with Gasteiger partial charge >= 0.3 is 0 Å². The van der Waals surface area contributed by atoms with Crippen molar-refractivity contribution in [2.75, 3.05) is 12.8 Å². The van der Waals surface area contributed by atoms with Crippen LogP contribution >= 0.6 is 0 Å². The number of nitrogens with one attached hydrogen (secondary N) is 1. The van der Waals surface area contributed by atoms with Gasteiger partial charge in [0, 0.05) is 12.7 Å². The van der Waals surface area contributed by atoms with E-state index in [4.69, 9.17) is 4.42 Å². The zero-order chi connectivity index (χ0) is 13.8. The van der Waals surface area contributed by atoms with E-state index in [1.165, 1.54) is 6.26 Å². The topological polar surface area (TPSA) is 59.3 Å². The Labute approximate surface area is 110 Å². The average molecular weight is 273 g/mol. The van der Waals surface area contributed by atoms with E-state index in [0.29, 0.717) is 5.76 Å². The molecule has 2 atom stereocenters. The monoisotopic (exact) mass is 273 g/mol. The highest BCUT2D eigenvalue weighted by molar-refractivity contribution is 7.91. The van der Waals surface area contributed by atoms with Gasteiger partial charge in [-0.25, -0.2) is 8.42 Å². The van der Waals surface area contributed by atoms with Gasteiger partial charge in [0.1, 0.15) is 11.5 Å². The number of hydrogen-bond donors (Lipinski definition) is 1. The molecule has 5 heteroatoms. The highest BCUT2D eigenvalue weighted by Gasteiger charge is 2.29. The molecule has 0 saturated heterocycles. The van der Waals surface area contributed by atoms with Crippen LogP contribution in [0, 0.1) is 0 Å². The predicted octanol–water partition coefficient (Wildman–Crippen LogP) is 2.32. The Balaban J connectivity index is 2.97. The molecule has 0 bridgehead atoms. The van der Waals surface area contributed by atoms with Gasteiger partial charge in [-0.1, -0.05) is 13.8 Å². The predicted molar refractivity (Wildman–Crippen MR) is 73.4 cm³/mol. The first-order valence-electron chi connectivity index (χ1n) is 6.41. The zero-order valence-electron chi connectivity index (χ0n) is 11.6. The molecule has 0 aliphatic rings. The van der Waals surface area contributed by atoms with E-state index in [1.54, 1.807) is 6.92 Å². The van der Waals surface area contributed by atoms with E-state index < -0.39 is 15.1 Å². The minimum atomic E-state index is -3.10. The largest absolute Gasteiger partial charge is 0.464 e. The van der Waals surface area contributed by atoms with E-state index in [9.17, 15) is 8.42 Å². The molecule has 1 rings (SSSR count). The normalized spacial score (nSPS) is 15.6. The summed E-state index contributed by atoms with van der Waals surface area (Å²) in [5.74, 6) is 1.59. The number of rotatable bonds is 7. The Morgan fingerprint density at radius 1 is 1.33 bits per heavy atom. The summed E-state index contributed by atoms with van der Waals surface area (Å²) >= 11 is 0. The first-order chi connectivity index (χ1) is 8.40. The van der Waals surface area contributed by atoms with Gasteiger partial charge in [0.05, 0.1) is 11.3 Å². The van der Waals surface area contributed by atoms with Gasteiger partial charge in [0.25, 0.3) is 0 Å². The lowest BCUT2D eigenvalue weighted by molar-refractivity contribution is 0.386. The van der Waals surface area contributed by atoms with E-state index in [0.717, 1.165) is 25.1 Å². The molecule has 0 fully saturated rings. The second-order valence-electron chi connectivity index (χ2n) is 4.62. The van der Waals surface area contributed by atoms with Gasteiger partial charge in [0.2, 0.25) is 0 Å². The highest BCUT2D eigenvalue weighted by Crippen LogP contribution is 2.24. The van der Waals surface area contributed by atoms with Crippen LogP contribution in [0.3, 0.4) is 0 Å². The van der Waals surface area contributed by atoms with E-state index in [2.05, 4.69) is 12.2 Å². The summed E-state index contributed by atoms with van der Waals surface area (Å²) in [6.07, 6.45) is 3.03. The average Bonchev–Trinajstić information content (AvgIpc) is 2.76. The third kappa shape index (κ3) is 3.85. The molecule has 0 aliphatic carbocycles. The summed E-state index contributed by atoms with van der Waals surface area (Å²) in [6.45, 7) is 6.55. The quantitative estimate of drug-likeness (QED) is 0.828. The second-order valence-corrected chi connectivity index (χ2v) is 7.03. The highest BCUT2D eigenvalue weighted by atomic mass is 32.2. The Morgan fingerprint density at radius 3 is 2.44 bits per heavy atom. The van der Waals surface area contributed by atoms with Crippen LogP contribution in [-0.2, 0) is 16.3 Å². The molecule has 0 saturated carbocycles. The molecule has 1 aromatic rings. The molecule has 18 heavy (non-hydrogen) atoms. The van der Waals surface area contributed by atoms with Crippen LogP contribution in [0.2, 0.25) is 0 Å².